The summed E-state index contributed by atoms with van der Waals surface area (Å²) in [6.07, 6.45) is 0. The minimum Gasteiger partial charge on any atom is -0.465 e. The predicted molar refractivity (Wildman–Crippen MR) is 101 cm³/mol. The molecule has 142 valence electrons. The summed E-state index contributed by atoms with van der Waals surface area (Å²) < 4.78 is 32.4. The molecule has 3 rings (SSSR count). The van der Waals surface area contributed by atoms with Crippen LogP contribution in [-0.4, -0.2) is 40.0 Å². The largest absolute Gasteiger partial charge is 0.465 e. The van der Waals surface area contributed by atoms with E-state index < -0.39 is 21.9 Å². The zero-order chi connectivity index (χ0) is 19.6. The molecule has 7 nitrogen and oxygen atoms in total. The first-order valence-corrected chi connectivity index (χ1v) is 9.93. The number of para-hydroxylation sites is 2. The van der Waals surface area contributed by atoms with E-state index in [1.165, 1.54) is 11.0 Å². The first-order chi connectivity index (χ1) is 12.9. The fourth-order valence-electron chi connectivity index (χ4n) is 3.02. The molecule has 0 unspecified atom stereocenters. The van der Waals surface area contributed by atoms with Crippen molar-refractivity contribution in [2.24, 2.45) is 0 Å². The van der Waals surface area contributed by atoms with Crippen molar-refractivity contribution in [3.63, 3.8) is 0 Å². The van der Waals surface area contributed by atoms with Gasteiger partial charge in [0.25, 0.3) is 10.0 Å². The molecule has 27 heavy (non-hydrogen) atoms. The molecule has 0 saturated heterocycles. The molecule has 1 aliphatic rings. The smallest absolute Gasteiger partial charge is 0.326 e. The van der Waals surface area contributed by atoms with Crippen molar-refractivity contribution in [3.8, 4) is 0 Å². The Balaban J connectivity index is 2.05. The zero-order valence-corrected chi connectivity index (χ0v) is 15.9. The van der Waals surface area contributed by atoms with Crippen LogP contribution in [0.1, 0.15) is 12.5 Å². The number of carbonyl (C=O) groups is 2. The van der Waals surface area contributed by atoms with E-state index in [2.05, 4.69) is 0 Å². The summed E-state index contributed by atoms with van der Waals surface area (Å²) in [5.41, 5.74) is 1.31. The lowest BCUT2D eigenvalue weighted by Gasteiger charge is -2.36. The Morgan fingerprint density at radius 1 is 1.07 bits per heavy atom. The Labute approximate surface area is 158 Å². The summed E-state index contributed by atoms with van der Waals surface area (Å²) in [5.74, 6) is -1.03. The van der Waals surface area contributed by atoms with Crippen molar-refractivity contribution < 1.29 is 22.7 Å². The monoisotopic (exact) mass is 388 g/mol. The second-order valence-corrected chi connectivity index (χ2v) is 7.88. The maximum absolute atomic E-state index is 13.2. The van der Waals surface area contributed by atoms with Crippen molar-refractivity contribution in [2.45, 2.75) is 18.7 Å². The van der Waals surface area contributed by atoms with E-state index in [0.29, 0.717) is 16.9 Å². The van der Waals surface area contributed by atoms with Gasteiger partial charge in [-0.25, -0.2) is 8.42 Å². The van der Waals surface area contributed by atoms with E-state index in [-0.39, 0.29) is 24.6 Å². The second-order valence-electron chi connectivity index (χ2n) is 6.05. The maximum atomic E-state index is 13.2. The lowest BCUT2D eigenvalue weighted by atomic mass is 10.2. The van der Waals surface area contributed by atoms with Gasteiger partial charge in [0.1, 0.15) is 13.1 Å². The van der Waals surface area contributed by atoms with Crippen LogP contribution in [0.2, 0.25) is 0 Å². The van der Waals surface area contributed by atoms with Crippen molar-refractivity contribution in [1.82, 2.24) is 0 Å². The lowest BCUT2D eigenvalue weighted by Crippen LogP contribution is -2.49. The number of benzene rings is 2. The summed E-state index contributed by atoms with van der Waals surface area (Å²) >= 11 is 0. The normalized spacial score (nSPS) is 14.1. The number of ether oxygens (including phenoxy) is 1. The van der Waals surface area contributed by atoms with E-state index in [4.69, 9.17) is 4.74 Å². The number of carbonyl (C=O) groups excluding carboxylic acids is 2. The van der Waals surface area contributed by atoms with Gasteiger partial charge in [0.15, 0.2) is 0 Å². The Morgan fingerprint density at radius 2 is 1.70 bits per heavy atom. The van der Waals surface area contributed by atoms with Crippen LogP contribution in [0.25, 0.3) is 0 Å². The van der Waals surface area contributed by atoms with Crippen LogP contribution < -0.4 is 9.21 Å². The number of aryl methyl sites for hydroxylation is 1. The fourth-order valence-corrected chi connectivity index (χ4v) is 4.68. The van der Waals surface area contributed by atoms with E-state index in [1.807, 2.05) is 0 Å². The van der Waals surface area contributed by atoms with Gasteiger partial charge in [-0.1, -0.05) is 30.3 Å². The van der Waals surface area contributed by atoms with E-state index >= 15 is 0 Å². The molecule has 0 radical (unpaired) electrons. The van der Waals surface area contributed by atoms with Crippen LogP contribution in [0.4, 0.5) is 11.4 Å². The Hall–Kier alpha value is -2.87. The molecule has 0 aliphatic carbocycles. The van der Waals surface area contributed by atoms with Crippen LogP contribution in [0.3, 0.4) is 0 Å². The van der Waals surface area contributed by atoms with Crippen LogP contribution >= 0.6 is 0 Å². The van der Waals surface area contributed by atoms with Gasteiger partial charge in [0.2, 0.25) is 5.91 Å². The molecule has 0 bridgehead atoms. The average molecular weight is 388 g/mol. The Morgan fingerprint density at radius 3 is 2.37 bits per heavy atom. The SMILES string of the molecule is CCOC(=O)CN1C(=O)CN(S(=O)(=O)c2ccccc2C)c2ccccc21. The molecule has 0 aromatic heterocycles. The standard InChI is InChI=1S/C19H20N2O5S/c1-3-26-19(23)13-20-15-9-5-6-10-16(15)21(12-18(20)22)27(24,25)17-11-7-4-8-14(17)2/h4-11H,3,12-13H2,1-2H3. The molecular weight excluding hydrogens is 368 g/mol. The molecular formula is C19H20N2O5S. The molecule has 0 fully saturated rings. The van der Waals surface area contributed by atoms with Gasteiger partial charge in [-0.2, -0.15) is 0 Å². The Kier molecular flexibility index (Phi) is 5.18. The highest BCUT2D eigenvalue weighted by Crippen LogP contribution is 2.37. The van der Waals surface area contributed by atoms with Gasteiger partial charge in [-0.15, -0.1) is 0 Å². The van der Waals surface area contributed by atoms with Gasteiger partial charge in [0.05, 0.1) is 22.9 Å². The number of nitrogens with zero attached hydrogens (tertiary/aromatic N) is 2. The van der Waals surface area contributed by atoms with Crippen molar-refractivity contribution in [3.05, 3.63) is 54.1 Å². The van der Waals surface area contributed by atoms with Gasteiger partial charge in [0, 0.05) is 0 Å². The second kappa shape index (κ2) is 7.40. The van der Waals surface area contributed by atoms with E-state index in [9.17, 15) is 18.0 Å². The zero-order valence-electron chi connectivity index (χ0n) is 15.1. The molecule has 2 aromatic carbocycles. The van der Waals surface area contributed by atoms with Crippen molar-refractivity contribution >= 4 is 33.3 Å². The first-order valence-electron chi connectivity index (χ1n) is 8.49. The third-order valence-corrected chi connectivity index (χ3v) is 6.20. The van der Waals surface area contributed by atoms with E-state index in [1.54, 1.807) is 56.3 Å². The summed E-state index contributed by atoms with van der Waals surface area (Å²) in [6, 6.07) is 13.2. The summed E-state index contributed by atoms with van der Waals surface area (Å²) in [7, 11) is -3.93. The third-order valence-electron chi connectivity index (χ3n) is 4.28. The van der Waals surface area contributed by atoms with Gasteiger partial charge in [-0.05, 0) is 37.6 Å². The average Bonchev–Trinajstić information content (AvgIpc) is 2.64. The molecule has 0 saturated carbocycles. The minimum absolute atomic E-state index is 0.145. The molecule has 2 aromatic rings. The lowest BCUT2D eigenvalue weighted by molar-refractivity contribution is -0.142. The first kappa shape index (κ1) is 18.9. The molecule has 0 N–H and O–H groups in total. The highest BCUT2D eigenvalue weighted by atomic mass is 32.2. The van der Waals surface area contributed by atoms with Crippen LogP contribution in [0.5, 0.6) is 0 Å². The van der Waals surface area contributed by atoms with E-state index in [0.717, 1.165) is 4.31 Å². The number of anilines is 2. The van der Waals surface area contributed by atoms with Crippen LogP contribution in [-0.2, 0) is 24.3 Å². The quantitative estimate of drug-likeness (QED) is 0.733. The maximum Gasteiger partial charge on any atom is 0.326 e. The highest BCUT2D eigenvalue weighted by Gasteiger charge is 2.37. The number of hydrogen-bond donors (Lipinski definition) is 0. The number of hydrogen-bond acceptors (Lipinski definition) is 5. The van der Waals surface area contributed by atoms with Crippen LogP contribution in [0.15, 0.2) is 53.4 Å². The molecule has 1 heterocycles. The third kappa shape index (κ3) is 3.52. The molecule has 8 heteroatoms. The summed E-state index contributed by atoms with van der Waals surface area (Å²) in [4.78, 5) is 26.0. The number of rotatable bonds is 5. The van der Waals surface area contributed by atoms with Gasteiger partial charge in [-0.3, -0.25) is 18.8 Å². The summed E-state index contributed by atoms with van der Waals surface area (Å²) in [5, 5.41) is 0. The number of fused-ring (bicyclic) bond motifs is 1. The number of amides is 1. The molecule has 0 spiro atoms. The van der Waals surface area contributed by atoms with Gasteiger partial charge >= 0.3 is 5.97 Å². The highest BCUT2D eigenvalue weighted by molar-refractivity contribution is 7.93. The number of sulfonamides is 1. The molecule has 1 aliphatic heterocycles. The van der Waals surface area contributed by atoms with Gasteiger partial charge < -0.3 is 4.74 Å². The van der Waals surface area contributed by atoms with Crippen molar-refractivity contribution in [2.75, 3.05) is 28.9 Å². The summed E-state index contributed by atoms with van der Waals surface area (Å²) in [6.45, 7) is 2.95. The topological polar surface area (TPSA) is 84.0 Å². The predicted octanol–water partition coefficient (Wildman–Crippen LogP) is 2.10. The minimum atomic E-state index is -3.93. The fraction of sp³-hybridized carbons (Fsp3) is 0.263. The number of esters is 1. The molecule has 0 atom stereocenters. The van der Waals surface area contributed by atoms with Crippen LogP contribution in [0, 0.1) is 6.92 Å². The Bertz CT molecular complexity index is 987. The van der Waals surface area contributed by atoms with Crippen molar-refractivity contribution in [1.29, 1.82) is 0 Å². The molecule has 1 amide bonds.